The Bertz CT molecular complexity index is 997. The molecule has 2 aliphatic rings. The molecule has 0 unspecified atom stereocenters. The van der Waals surface area contributed by atoms with Gasteiger partial charge >= 0.3 is 0 Å². The summed E-state index contributed by atoms with van der Waals surface area (Å²) < 4.78 is 27.1. The lowest BCUT2D eigenvalue weighted by Gasteiger charge is -2.36. The van der Waals surface area contributed by atoms with Crippen LogP contribution in [0.2, 0.25) is 5.02 Å². The topological polar surface area (TPSA) is 60.9 Å². The van der Waals surface area contributed by atoms with Crippen LogP contribution in [0.15, 0.2) is 53.4 Å². The highest BCUT2D eigenvalue weighted by Gasteiger charge is 2.27. The number of hydrogen-bond donors (Lipinski definition) is 0. The van der Waals surface area contributed by atoms with Gasteiger partial charge in [-0.3, -0.25) is 4.79 Å². The van der Waals surface area contributed by atoms with Gasteiger partial charge in [0.25, 0.3) is 5.91 Å². The molecule has 2 heterocycles. The molecule has 0 saturated carbocycles. The SMILES string of the molecule is O=C(c1ccc(S(=O)(=O)N2CCCCC2)cc1)N1CCN(c2cccc(Cl)c2)CC1. The lowest BCUT2D eigenvalue weighted by Crippen LogP contribution is -2.48. The Morgan fingerprint density at radius 2 is 1.50 bits per heavy atom. The molecule has 2 aromatic rings. The quantitative estimate of drug-likeness (QED) is 0.720. The number of halogens is 1. The third-order valence-corrected chi connectivity index (χ3v) is 7.94. The first kappa shape index (κ1) is 21.2. The van der Waals surface area contributed by atoms with Gasteiger partial charge in [-0.2, -0.15) is 4.31 Å². The molecule has 8 heteroatoms. The van der Waals surface area contributed by atoms with Crippen molar-refractivity contribution in [3.05, 3.63) is 59.1 Å². The normalized spacial score (nSPS) is 18.4. The van der Waals surface area contributed by atoms with Crippen molar-refractivity contribution in [3.8, 4) is 0 Å². The number of amides is 1. The molecule has 0 bridgehead atoms. The molecule has 4 rings (SSSR count). The van der Waals surface area contributed by atoms with E-state index < -0.39 is 10.0 Å². The molecule has 160 valence electrons. The third kappa shape index (κ3) is 4.48. The van der Waals surface area contributed by atoms with Crippen LogP contribution in [0.3, 0.4) is 0 Å². The summed E-state index contributed by atoms with van der Waals surface area (Å²) in [7, 11) is -3.48. The first-order chi connectivity index (χ1) is 14.4. The predicted octanol–water partition coefficient (Wildman–Crippen LogP) is 3.48. The molecule has 0 radical (unpaired) electrons. The van der Waals surface area contributed by atoms with Crippen LogP contribution in [-0.4, -0.2) is 62.8 Å². The van der Waals surface area contributed by atoms with E-state index in [0.29, 0.717) is 36.8 Å². The highest BCUT2D eigenvalue weighted by Crippen LogP contribution is 2.23. The van der Waals surface area contributed by atoms with Crippen LogP contribution < -0.4 is 4.90 Å². The maximum absolute atomic E-state index is 12.9. The van der Waals surface area contributed by atoms with Crippen molar-refractivity contribution < 1.29 is 13.2 Å². The van der Waals surface area contributed by atoms with E-state index >= 15 is 0 Å². The molecular weight excluding hydrogens is 422 g/mol. The first-order valence-corrected chi connectivity index (χ1v) is 12.2. The molecule has 2 fully saturated rings. The third-order valence-electron chi connectivity index (χ3n) is 5.79. The Labute approximate surface area is 183 Å². The van der Waals surface area contributed by atoms with Gasteiger partial charge in [0.05, 0.1) is 4.90 Å². The van der Waals surface area contributed by atoms with Crippen LogP contribution in [0.25, 0.3) is 0 Å². The Morgan fingerprint density at radius 3 is 2.13 bits per heavy atom. The van der Waals surface area contributed by atoms with E-state index in [4.69, 9.17) is 11.6 Å². The van der Waals surface area contributed by atoms with E-state index in [2.05, 4.69) is 4.90 Å². The lowest BCUT2D eigenvalue weighted by atomic mass is 10.1. The highest BCUT2D eigenvalue weighted by atomic mass is 35.5. The summed E-state index contributed by atoms with van der Waals surface area (Å²) >= 11 is 6.08. The average molecular weight is 448 g/mol. The zero-order valence-electron chi connectivity index (χ0n) is 16.8. The van der Waals surface area contributed by atoms with Gasteiger partial charge in [0.15, 0.2) is 0 Å². The number of carbonyl (C=O) groups is 1. The van der Waals surface area contributed by atoms with Gasteiger partial charge in [-0.05, 0) is 55.3 Å². The number of sulfonamides is 1. The van der Waals surface area contributed by atoms with Gasteiger partial charge in [0.1, 0.15) is 0 Å². The second kappa shape index (κ2) is 8.96. The predicted molar refractivity (Wildman–Crippen MR) is 119 cm³/mol. The number of hydrogen-bond acceptors (Lipinski definition) is 4. The molecule has 2 aliphatic heterocycles. The van der Waals surface area contributed by atoms with Crippen LogP contribution in [-0.2, 0) is 10.0 Å². The minimum Gasteiger partial charge on any atom is -0.368 e. The van der Waals surface area contributed by atoms with E-state index in [1.165, 1.54) is 0 Å². The molecule has 0 N–H and O–H groups in total. The maximum Gasteiger partial charge on any atom is 0.253 e. The molecule has 0 aliphatic carbocycles. The Balaban J connectivity index is 1.39. The summed E-state index contributed by atoms with van der Waals surface area (Å²) in [5.74, 6) is -0.0670. The minimum absolute atomic E-state index is 0.0670. The number of nitrogens with zero attached hydrogens (tertiary/aromatic N) is 3. The van der Waals surface area contributed by atoms with Gasteiger partial charge in [0.2, 0.25) is 10.0 Å². The molecule has 2 saturated heterocycles. The molecule has 0 atom stereocenters. The summed E-state index contributed by atoms with van der Waals surface area (Å²) in [6.07, 6.45) is 2.87. The number of rotatable bonds is 4. The monoisotopic (exact) mass is 447 g/mol. The number of anilines is 1. The van der Waals surface area contributed by atoms with E-state index in [1.54, 1.807) is 28.6 Å². The molecule has 30 heavy (non-hydrogen) atoms. The number of benzene rings is 2. The highest BCUT2D eigenvalue weighted by molar-refractivity contribution is 7.89. The van der Waals surface area contributed by atoms with Crippen molar-refractivity contribution in [2.24, 2.45) is 0 Å². The zero-order chi connectivity index (χ0) is 21.1. The summed E-state index contributed by atoms with van der Waals surface area (Å²) in [4.78, 5) is 17.2. The summed E-state index contributed by atoms with van der Waals surface area (Å²) in [5.41, 5.74) is 1.57. The number of piperidine rings is 1. The van der Waals surface area contributed by atoms with Crippen molar-refractivity contribution in [1.82, 2.24) is 9.21 Å². The minimum atomic E-state index is -3.48. The zero-order valence-corrected chi connectivity index (χ0v) is 18.4. The fourth-order valence-corrected chi connectivity index (χ4v) is 5.75. The summed E-state index contributed by atoms with van der Waals surface area (Å²) in [6, 6.07) is 14.1. The second-order valence-electron chi connectivity index (χ2n) is 7.75. The fourth-order valence-electron chi connectivity index (χ4n) is 4.05. The summed E-state index contributed by atoms with van der Waals surface area (Å²) in [5, 5.41) is 0.700. The average Bonchev–Trinajstić information content (AvgIpc) is 2.79. The molecule has 6 nitrogen and oxygen atoms in total. The lowest BCUT2D eigenvalue weighted by molar-refractivity contribution is 0.0746. The fraction of sp³-hybridized carbons (Fsp3) is 0.409. The van der Waals surface area contributed by atoms with E-state index in [-0.39, 0.29) is 10.8 Å². The Kier molecular flexibility index (Phi) is 6.32. The van der Waals surface area contributed by atoms with Crippen LogP contribution in [0, 0.1) is 0 Å². The number of piperazine rings is 1. The molecule has 2 aromatic carbocycles. The van der Waals surface area contributed by atoms with Gasteiger partial charge < -0.3 is 9.80 Å². The second-order valence-corrected chi connectivity index (χ2v) is 10.1. The number of carbonyl (C=O) groups excluding carboxylic acids is 1. The molecule has 1 amide bonds. The molecule has 0 spiro atoms. The Hall–Kier alpha value is -2.09. The first-order valence-electron chi connectivity index (χ1n) is 10.4. The van der Waals surface area contributed by atoms with E-state index in [0.717, 1.165) is 38.0 Å². The smallest absolute Gasteiger partial charge is 0.253 e. The van der Waals surface area contributed by atoms with Crippen molar-refractivity contribution in [3.63, 3.8) is 0 Å². The van der Waals surface area contributed by atoms with Crippen molar-refractivity contribution in [2.75, 3.05) is 44.2 Å². The standard InChI is InChI=1S/C22H26ClN3O3S/c23-19-5-4-6-20(17-19)24-13-15-25(16-14-24)22(27)18-7-9-21(10-8-18)30(28,29)26-11-2-1-3-12-26/h4-10,17H,1-3,11-16H2. The van der Waals surface area contributed by atoms with Crippen LogP contribution in [0.1, 0.15) is 29.6 Å². The van der Waals surface area contributed by atoms with Crippen molar-refractivity contribution >= 4 is 33.2 Å². The molecule has 0 aromatic heterocycles. The largest absolute Gasteiger partial charge is 0.368 e. The van der Waals surface area contributed by atoms with E-state index in [9.17, 15) is 13.2 Å². The van der Waals surface area contributed by atoms with Crippen LogP contribution in [0.5, 0.6) is 0 Å². The van der Waals surface area contributed by atoms with Gasteiger partial charge in [-0.1, -0.05) is 24.1 Å². The van der Waals surface area contributed by atoms with Gasteiger partial charge in [-0.15, -0.1) is 0 Å². The van der Waals surface area contributed by atoms with Crippen molar-refractivity contribution in [1.29, 1.82) is 0 Å². The van der Waals surface area contributed by atoms with Crippen LogP contribution in [0.4, 0.5) is 5.69 Å². The molecular formula is C22H26ClN3O3S. The Morgan fingerprint density at radius 1 is 0.833 bits per heavy atom. The van der Waals surface area contributed by atoms with Crippen molar-refractivity contribution in [2.45, 2.75) is 24.2 Å². The summed E-state index contributed by atoms with van der Waals surface area (Å²) in [6.45, 7) is 3.82. The maximum atomic E-state index is 12.9. The van der Waals surface area contributed by atoms with Gasteiger partial charge in [-0.25, -0.2) is 8.42 Å². The van der Waals surface area contributed by atoms with E-state index in [1.807, 2.05) is 29.2 Å². The van der Waals surface area contributed by atoms with Gasteiger partial charge in [0, 0.05) is 55.5 Å². The van der Waals surface area contributed by atoms with Crippen LogP contribution >= 0.6 is 11.6 Å².